The van der Waals surface area contributed by atoms with Gasteiger partial charge in [-0.3, -0.25) is 9.69 Å². The first-order valence-electron chi connectivity index (χ1n) is 8.04. The van der Waals surface area contributed by atoms with E-state index in [4.69, 9.17) is 4.74 Å². The molecule has 6 heteroatoms. The third-order valence-corrected chi connectivity index (χ3v) is 4.58. The summed E-state index contributed by atoms with van der Waals surface area (Å²) in [7, 11) is 1.56. The van der Waals surface area contributed by atoms with Crippen LogP contribution in [0.1, 0.15) is 24.5 Å². The predicted octanol–water partition coefficient (Wildman–Crippen LogP) is 3.19. The highest BCUT2D eigenvalue weighted by atomic mass is 19.1. The van der Waals surface area contributed by atoms with E-state index in [1.165, 1.54) is 6.07 Å². The van der Waals surface area contributed by atoms with Crippen molar-refractivity contribution in [3.05, 3.63) is 65.5 Å². The molecule has 0 bridgehead atoms. The highest BCUT2D eigenvalue weighted by molar-refractivity contribution is 6.07. The van der Waals surface area contributed by atoms with Crippen LogP contribution < -0.4 is 10.1 Å². The number of halogens is 1. The van der Waals surface area contributed by atoms with Crippen molar-refractivity contribution in [2.24, 2.45) is 0 Å². The molecule has 5 nitrogen and oxygen atoms in total. The minimum atomic E-state index is -1.14. The van der Waals surface area contributed by atoms with Gasteiger partial charge in [0.15, 0.2) is 0 Å². The molecule has 25 heavy (non-hydrogen) atoms. The monoisotopic (exact) mass is 342 g/mol. The zero-order chi connectivity index (χ0) is 18.0. The number of rotatable bonds is 5. The van der Waals surface area contributed by atoms with E-state index in [0.29, 0.717) is 23.3 Å². The maximum absolute atomic E-state index is 13.9. The van der Waals surface area contributed by atoms with Crippen LogP contribution in [0.15, 0.2) is 48.5 Å². The number of methoxy groups -OCH3 is 1. The highest BCUT2D eigenvalue weighted by Crippen LogP contribution is 2.34. The Morgan fingerprint density at radius 3 is 2.40 bits per heavy atom. The first-order valence-corrected chi connectivity index (χ1v) is 8.04. The molecule has 0 spiro atoms. The number of urea groups is 1. The number of nitrogens with zero attached hydrogens (tertiary/aromatic N) is 1. The SMILES string of the molecule is CC[C@]1(c2ccc(OC)cc2)NC(=O)N(Cc2ccccc2F)C1=O. The Morgan fingerprint density at radius 1 is 1.12 bits per heavy atom. The molecule has 2 aromatic carbocycles. The molecule has 3 rings (SSSR count). The Morgan fingerprint density at radius 2 is 1.80 bits per heavy atom. The quantitative estimate of drug-likeness (QED) is 0.849. The van der Waals surface area contributed by atoms with E-state index >= 15 is 0 Å². The van der Waals surface area contributed by atoms with E-state index in [-0.39, 0.29) is 12.5 Å². The summed E-state index contributed by atoms with van der Waals surface area (Å²) in [5, 5.41) is 2.78. The lowest BCUT2D eigenvalue weighted by molar-refractivity contribution is -0.132. The lowest BCUT2D eigenvalue weighted by Gasteiger charge is -2.26. The topological polar surface area (TPSA) is 58.6 Å². The van der Waals surface area contributed by atoms with Crippen LogP contribution in [-0.2, 0) is 16.9 Å². The lowest BCUT2D eigenvalue weighted by Crippen LogP contribution is -2.43. The van der Waals surface area contributed by atoms with E-state index in [1.54, 1.807) is 49.6 Å². The molecule has 1 saturated heterocycles. The second-order valence-electron chi connectivity index (χ2n) is 5.90. The summed E-state index contributed by atoms with van der Waals surface area (Å²) in [6, 6.07) is 12.6. The van der Waals surface area contributed by atoms with Crippen LogP contribution in [0.2, 0.25) is 0 Å². The van der Waals surface area contributed by atoms with Gasteiger partial charge >= 0.3 is 6.03 Å². The van der Waals surface area contributed by atoms with Crippen molar-refractivity contribution in [1.82, 2.24) is 10.2 Å². The minimum Gasteiger partial charge on any atom is -0.497 e. The molecule has 0 unspecified atom stereocenters. The number of benzene rings is 2. The van der Waals surface area contributed by atoms with Gasteiger partial charge in [-0.05, 0) is 30.2 Å². The average Bonchev–Trinajstić information content (AvgIpc) is 2.88. The number of hydrogen-bond acceptors (Lipinski definition) is 3. The second-order valence-corrected chi connectivity index (χ2v) is 5.90. The zero-order valence-corrected chi connectivity index (χ0v) is 14.1. The number of amides is 3. The van der Waals surface area contributed by atoms with Crippen LogP contribution in [0.4, 0.5) is 9.18 Å². The van der Waals surface area contributed by atoms with Crippen LogP contribution in [0.3, 0.4) is 0 Å². The van der Waals surface area contributed by atoms with E-state index in [1.807, 2.05) is 6.92 Å². The summed E-state index contributed by atoms with van der Waals surface area (Å²) in [6.07, 6.45) is 0.387. The summed E-state index contributed by atoms with van der Waals surface area (Å²) in [5.41, 5.74) is -0.174. The number of carbonyl (C=O) groups excluding carboxylic acids is 2. The van der Waals surface area contributed by atoms with Gasteiger partial charge in [-0.2, -0.15) is 0 Å². The average molecular weight is 342 g/mol. The normalized spacial score (nSPS) is 19.9. The Balaban J connectivity index is 1.93. The van der Waals surface area contributed by atoms with Gasteiger partial charge in [-0.1, -0.05) is 37.3 Å². The lowest BCUT2D eigenvalue weighted by atomic mass is 9.87. The predicted molar refractivity (Wildman–Crippen MR) is 90.4 cm³/mol. The molecule has 1 N–H and O–H groups in total. The van der Waals surface area contributed by atoms with Crippen molar-refractivity contribution in [3.63, 3.8) is 0 Å². The molecule has 1 fully saturated rings. The van der Waals surface area contributed by atoms with Crippen molar-refractivity contribution in [1.29, 1.82) is 0 Å². The van der Waals surface area contributed by atoms with Gasteiger partial charge < -0.3 is 10.1 Å². The van der Waals surface area contributed by atoms with Crippen molar-refractivity contribution < 1.29 is 18.7 Å². The fourth-order valence-electron chi connectivity index (χ4n) is 3.08. The van der Waals surface area contributed by atoms with Gasteiger partial charge in [0.1, 0.15) is 17.1 Å². The van der Waals surface area contributed by atoms with E-state index < -0.39 is 17.4 Å². The fraction of sp³-hybridized carbons (Fsp3) is 0.263. The molecular weight excluding hydrogens is 323 g/mol. The molecule has 0 saturated carbocycles. The van der Waals surface area contributed by atoms with Crippen molar-refractivity contribution in [2.75, 3.05) is 7.11 Å². The molecule has 0 aliphatic carbocycles. The summed E-state index contributed by atoms with van der Waals surface area (Å²) in [6.45, 7) is 1.73. The van der Waals surface area contributed by atoms with E-state index in [9.17, 15) is 14.0 Å². The minimum absolute atomic E-state index is 0.102. The molecule has 0 aromatic heterocycles. The van der Waals surface area contributed by atoms with Gasteiger partial charge in [-0.25, -0.2) is 9.18 Å². The van der Waals surface area contributed by atoms with Crippen molar-refractivity contribution >= 4 is 11.9 Å². The van der Waals surface area contributed by atoms with E-state index in [2.05, 4.69) is 5.32 Å². The first kappa shape index (κ1) is 17.0. The largest absolute Gasteiger partial charge is 0.497 e. The van der Waals surface area contributed by atoms with Crippen molar-refractivity contribution in [2.45, 2.75) is 25.4 Å². The van der Waals surface area contributed by atoms with Gasteiger partial charge in [0.25, 0.3) is 5.91 Å². The smallest absolute Gasteiger partial charge is 0.325 e. The molecular formula is C19H19FN2O3. The van der Waals surface area contributed by atoms with Gasteiger partial charge in [-0.15, -0.1) is 0 Å². The third kappa shape index (κ3) is 2.84. The van der Waals surface area contributed by atoms with Gasteiger partial charge in [0.05, 0.1) is 13.7 Å². The standard InChI is InChI=1S/C19H19FN2O3/c1-3-19(14-8-10-15(25-2)11-9-14)17(23)22(18(24)21-19)12-13-6-4-5-7-16(13)20/h4-11H,3,12H2,1-2H3,(H,21,24)/t19-/m1/s1. The number of hydrogen-bond donors (Lipinski definition) is 1. The molecule has 1 atom stereocenters. The molecule has 1 aliphatic rings. The molecule has 130 valence electrons. The maximum Gasteiger partial charge on any atom is 0.325 e. The molecule has 2 aromatic rings. The van der Waals surface area contributed by atoms with Gasteiger partial charge in [0.2, 0.25) is 0 Å². The molecule has 1 aliphatic heterocycles. The van der Waals surface area contributed by atoms with Crippen LogP contribution in [0.25, 0.3) is 0 Å². The number of ether oxygens (including phenoxy) is 1. The number of carbonyl (C=O) groups is 2. The maximum atomic E-state index is 13.9. The number of imide groups is 1. The Kier molecular flexibility index (Phi) is 4.44. The Hall–Kier alpha value is -2.89. The fourth-order valence-corrected chi connectivity index (χ4v) is 3.08. The van der Waals surface area contributed by atoms with Crippen LogP contribution in [0, 0.1) is 5.82 Å². The first-order chi connectivity index (χ1) is 12.0. The van der Waals surface area contributed by atoms with Gasteiger partial charge in [0, 0.05) is 5.56 Å². The highest BCUT2D eigenvalue weighted by Gasteiger charge is 2.51. The van der Waals surface area contributed by atoms with Crippen LogP contribution >= 0.6 is 0 Å². The molecule has 0 radical (unpaired) electrons. The van der Waals surface area contributed by atoms with Crippen LogP contribution in [-0.4, -0.2) is 23.9 Å². The zero-order valence-electron chi connectivity index (χ0n) is 14.1. The van der Waals surface area contributed by atoms with Crippen molar-refractivity contribution in [3.8, 4) is 5.75 Å². The molecule has 3 amide bonds. The number of nitrogens with one attached hydrogen (secondary N) is 1. The summed E-state index contributed by atoms with van der Waals surface area (Å²) >= 11 is 0. The summed E-state index contributed by atoms with van der Waals surface area (Å²) < 4.78 is 19.0. The van der Waals surface area contributed by atoms with E-state index in [0.717, 1.165) is 4.90 Å². The second kappa shape index (κ2) is 6.55. The third-order valence-electron chi connectivity index (χ3n) is 4.58. The molecule has 1 heterocycles. The summed E-state index contributed by atoms with van der Waals surface area (Å²) in [4.78, 5) is 26.5. The summed E-state index contributed by atoms with van der Waals surface area (Å²) in [5.74, 6) is -0.162. The van der Waals surface area contributed by atoms with Crippen LogP contribution in [0.5, 0.6) is 5.75 Å². The Labute approximate surface area is 145 Å². The Bertz CT molecular complexity index is 807.